The summed E-state index contributed by atoms with van der Waals surface area (Å²) >= 11 is 0. The molecule has 0 aromatic carbocycles. The molecule has 1 nitrogen and oxygen atoms in total. The highest BCUT2D eigenvalue weighted by atomic mass is 16.3. The molecular formula is C13H18O. The molecule has 0 spiro atoms. The van der Waals surface area contributed by atoms with Crippen molar-refractivity contribution < 1.29 is 5.11 Å². The Hall–Kier alpha value is -0.560. The number of allylic oxidation sites excluding steroid dienone is 2. The van der Waals surface area contributed by atoms with Crippen molar-refractivity contribution in [3.63, 3.8) is 0 Å². The van der Waals surface area contributed by atoms with Crippen molar-refractivity contribution in [2.24, 2.45) is 23.7 Å². The van der Waals surface area contributed by atoms with Gasteiger partial charge in [0.15, 0.2) is 0 Å². The molecule has 0 bridgehead atoms. The van der Waals surface area contributed by atoms with E-state index in [1.165, 1.54) is 25.7 Å². The first-order valence-corrected chi connectivity index (χ1v) is 5.89. The van der Waals surface area contributed by atoms with Crippen LogP contribution in [-0.2, 0) is 0 Å². The largest absolute Gasteiger partial charge is 0.392 e. The standard InChI is InChI=1S/C13H18O/c14-13-11-7-3-1-5-9(11)10-6-2-4-8-12(10)13/h3-4,7-14H,1-2,5-6H2/t9-,10+,11-,12+,13?. The van der Waals surface area contributed by atoms with Crippen LogP contribution < -0.4 is 0 Å². The second-order valence-corrected chi connectivity index (χ2v) is 4.98. The summed E-state index contributed by atoms with van der Waals surface area (Å²) in [6, 6.07) is 0. The normalized spacial score (nSPS) is 50.2. The van der Waals surface area contributed by atoms with E-state index in [1.807, 2.05) is 0 Å². The SMILES string of the molecule is OC1[C@H]2C=CCC[C@H]2[C@H]2CCC=C[C@@H]12. The van der Waals surface area contributed by atoms with E-state index in [-0.39, 0.29) is 6.10 Å². The molecule has 0 aliphatic heterocycles. The van der Waals surface area contributed by atoms with E-state index < -0.39 is 0 Å². The molecule has 0 aromatic heterocycles. The quantitative estimate of drug-likeness (QED) is 0.582. The minimum atomic E-state index is -0.0990. The zero-order chi connectivity index (χ0) is 9.54. The molecule has 1 heteroatoms. The Morgan fingerprint density at radius 3 is 1.86 bits per heavy atom. The molecule has 5 atom stereocenters. The summed E-state index contributed by atoms with van der Waals surface area (Å²) < 4.78 is 0. The Morgan fingerprint density at radius 2 is 1.36 bits per heavy atom. The number of hydrogen-bond acceptors (Lipinski definition) is 1. The number of rotatable bonds is 0. The fourth-order valence-electron chi connectivity index (χ4n) is 3.74. The average Bonchev–Trinajstić information content (AvgIpc) is 2.55. The summed E-state index contributed by atoms with van der Waals surface area (Å²) in [7, 11) is 0. The number of fused-ring (bicyclic) bond motifs is 3. The summed E-state index contributed by atoms with van der Waals surface area (Å²) in [5, 5.41) is 10.2. The molecule has 3 aliphatic carbocycles. The van der Waals surface area contributed by atoms with Crippen molar-refractivity contribution >= 4 is 0 Å². The highest BCUT2D eigenvalue weighted by molar-refractivity contribution is 5.15. The van der Waals surface area contributed by atoms with Crippen molar-refractivity contribution in [3.8, 4) is 0 Å². The molecule has 3 rings (SSSR count). The predicted molar refractivity (Wildman–Crippen MR) is 56.7 cm³/mol. The molecular weight excluding hydrogens is 172 g/mol. The van der Waals surface area contributed by atoms with Crippen molar-refractivity contribution in [1.29, 1.82) is 0 Å². The zero-order valence-electron chi connectivity index (χ0n) is 8.47. The second kappa shape index (κ2) is 3.23. The Kier molecular flexibility index (Phi) is 2.01. The van der Waals surface area contributed by atoms with Crippen molar-refractivity contribution in [3.05, 3.63) is 24.3 Å². The fraction of sp³-hybridized carbons (Fsp3) is 0.692. The molecule has 0 radical (unpaired) electrons. The Labute approximate surface area is 85.5 Å². The van der Waals surface area contributed by atoms with Gasteiger partial charge >= 0.3 is 0 Å². The van der Waals surface area contributed by atoms with E-state index in [1.54, 1.807) is 0 Å². The monoisotopic (exact) mass is 190 g/mol. The maximum atomic E-state index is 10.2. The summed E-state index contributed by atoms with van der Waals surface area (Å²) in [6.45, 7) is 0. The molecule has 0 heterocycles. The Bertz CT molecular complexity index is 251. The lowest BCUT2D eigenvalue weighted by atomic mass is 9.77. The third-order valence-corrected chi connectivity index (χ3v) is 4.38. The maximum absolute atomic E-state index is 10.2. The molecule has 14 heavy (non-hydrogen) atoms. The van der Waals surface area contributed by atoms with Gasteiger partial charge in [-0.15, -0.1) is 0 Å². The average molecular weight is 190 g/mol. The van der Waals surface area contributed by atoms with Crippen LogP contribution in [0.5, 0.6) is 0 Å². The third kappa shape index (κ3) is 1.12. The summed E-state index contributed by atoms with van der Waals surface area (Å²) in [5.41, 5.74) is 0. The molecule has 76 valence electrons. The topological polar surface area (TPSA) is 20.2 Å². The second-order valence-electron chi connectivity index (χ2n) is 4.98. The van der Waals surface area contributed by atoms with Gasteiger partial charge in [-0.25, -0.2) is 0 Å². The first-order chi connectivity index (χ1) is 6.88. The van der Waals surface area contributed by atoms with Crippen molar-refractivity contribution in [2.75, 3.05) is 0 Å². The van der Waals surface area contributed by atoms with Gasteiger partial charge in [-0.3, -0.25) is 0 Å². The van der Waals surface area contributed by atoms with Crippen molar-refractivity contribution in [2.45, 2.75) is 31.8 Å². The van der Waals surface area contributed by atoms with Gasteiger partial charge in [0.05, 0.1) is 6.10 Å². The molecule has 0 amide bonds. The smallest absolute Gasteiger partial charge is 0.0670 e. The van der Waals surface area contributed by atoms with Crippen LogP contribution >= 0.6 is 0 Å². The first-order valence-electron chi connectivity index (χ1n) is 5.89. The van der Waals surface area contributed by atoms with Crippen LogP contribution in [0.1, 0.15) is 25.7 Å². The van der Waals surface area contributed by atoms with Gasteiger partial charge in [-0.05, 0) is 37.5 Å². The van der Waals surface area contributed by atoms with Gasteiger partial charge in [0, 0.05) is 11.8 Å². The van der Waals surface area contributed by atoms with E-state index >= 15 is 0 Å². The van der Waals surface area contributed by atoms with E-state index in [0.29, 0.717) is 11.8 Å². The highest BCUT2D eigenvalue weighted by Gasteiger charge is 2.47. The van der Waals surface area contributed by atoms with E-state index in [0.717, 1.165) is 11.8 Å². The van der Waals surface area contributed by atoms with Gasteiger partial charge in [-0.1, -0.05) is 24.3 Å². The van der Waals surface area contributed by atoms with Crippen LogP contribution in [0, 0.1) is 23.7 Å². The summed E-state index contributed by atoms with van der Waals surface area (Å²) in [5.74, 6) is 2.46. The van der Waals surface area contributed by atoms with Crippen LogP contribution in [-0.4, -0.2) is 11.2 Å². The molecule has 3 aliphatic rings. The van der Waals surface area contributed by atoms with E-state index in [9.17, 15) is 5.11 Å². The summed E-state index contributed by atoms with van der Waals surface area (Å²) in [4.78, 5) is 0. The molecule has 0 saturated heterocycles. The predicted octanol–water partition coefficient (Wildman–Crippen LogP) is 2.53. The van der Waals surface area contributed by atoms with Gasteiger partial charge in [0.25, 0.3) is 0 Å². The van der Waals surface area contributed by atoms with Gasteiger partial charge in [0.1, 0.15) is 0 Å². The number of aliphatic hydroxyl groups is 1. The minimum Gasteiger partial charge on any atom is -0.392 e. The lowest BCUT2D eigenvalue weighted by Crippen LogP contribution is -2.22. The minimum absolute atomic E-state index is 0.0990. The van der Waals surface area contributed by atoms with E-state index in [2.05, 4.69) is 24.3 Å². The highest BCUT2D eigenvalue weighted by Crippen LogP contribution is 2.50. The molecule has 0 aromatic rings. The van der Waals surface area contributed by atoms with Crippen LogP contribution in [0.3, 0.4) is 0 Å². The Balaban J connectivity index is 1.93. The molecule has 1 N–H and O–H groups in total. The van der Waals surface area contributed by atoms with Crippen LogP contribution in [0.2, 0.25) is 0 Å². The van der Waals surface area contributed by atoms with Gasteiger partial charge in [0.2, 0.25) is 0 Å². The Morgan fingerprint density at radius 1 is 0.857 bits per heavy atom. The zero-order valence-corrected chi connectivity index (χ0v) is 8.47. The fourth-order valence-corrected chi connectivity index (χ4v) is 3.74. The lowest BCUT2D eigenvalue weighted by Gasteiger charge is -2.27. The number of aliphatic hydroxyl groups excluding tert-OH is 1. The third-order valence-electron chi connectivity index (χ3n) is 4.38. The first kappa shape index (κ1) is 8.72. The van der Waals surface area contributed by atoms with Gasteiger partial charge < -0.3 is 5.11 Å². The van der Waals surface area contributed by atoms with Crippen molar-refractivity contribution in [1.82, 2.24) is 0 Å². The molecule has 1 unspecified atom stereocenters. The number of hydrogen-bond donors (Lipinski definition) is 1. The van der Waals surface area contributed by atoms with Gasteiger partial charge in [-0.2, -0.15) is 0 Å². The maximum Gasteiger partial charge on any atom is 0.0670 e. The molecule has 1 saturated carbocycles. The molecule has 1 fully saturated rings. The van der Waals surface area contributed by atoms with Crippen LogP contribution in [0.15, 0.2) is 24.3 Å². The van der Waals surface area contributed by atoms with Crippen LogP contribution in [0.25, 0.3) is 0 Å². The lowest BCUT2D eigenvalue weighted by molar-refractivity contribution is 0.112. The van der Waals surface area contributed by atoms with Crippen LogP contribution in [0.4, 0.5) is 0 Å². The summed E-state index contributed by atoms with van der Waals surface area (Å²) in [6.07, 6.45) is 14.0. The van der Waals surface area contributed by atoms with E-state index in [4.69, 9.17) is 0 Å².